The number of hydrogen-bond donors (Lipinski definition) is 2. The first-order valence-electron chi connectivity index (χ1n) is 11.3. The average Bonchev–Trinajstić information content (AvgIpc) is 3.31. The average molecular weight is 457 g/mol. The third kappa shape index (κ3) is 7.28. The fraction of sp³-hybridized carbons (Fsp3) is 0.440. The van der Waals surface area contributed by atoms with Crippen LogP contribution in [0.5, 0.6) is 5.75 Å². The Morgan fingerprint density at radius 3 is 2.53 bits per heavy atom. The smallest absolute Gasteiger partial charge is 0.306 e. The van der Waals surface area contributed by atoms with E-state index >= 15 is 0 Å². The lowest BCUT2D eigenvalue weighted by Gasteiger charge is -2.16. The Balaban J connectivity index is 1.77. The third-order valence-electron chi connectivity index (χ3n) is 5.55. The number of esters is 1. The number of rotatable bonds is 10. The summed E-state index contributed by atoms with van der Waals surface area (Å²) in [5.74, 6) is 1.28. The molecule has 1 aliphatic rings. The molecule has 32 heavy (non-hydrogen) atoms. The molecule has 0 aromatic heterocycles. The Kier molecular flexibility index (Phi) is 9.43. The maximum absolute atomic E-state index is 11.8. The summed E-state index contributed by atoms with van der Waals surface area (Å²) in [6.45, 7) is 2.94. The van der Waals surface area contributed by atoms with Gasteiger partial charge in [0, 0.05) is 29.6 Å². The first-order chi connectivity index (χ1) is 15.6. The van der Waals surface area contributed by atoms with Gasteiger partial charge in [0.25, 0.3) is 5.24 Å². The van der Waals surface area contributed by atoms with Gasteiger partial charge in [0.15, 0.2) is 0 Å². The normalized spacial score (nSPS) is 13.7. The summed E-state index contributed by atoms with van der Waals surface area (Å²) in [4.78, 5) is 23.6. The maximum atomic E-state index is 11.8. The van der Waals surface area contributed by atoms with Crippen LogP contribution in [0.2, 0.25) is 0 Å². The van der Waals surface area contributed by atoms with E-state index in [9.17, 15) is 9.59 Å². The monoisotopic (exact) mass is 456 g/mol. The van der Waals surface area contributed by atoms with Crippen LogP contribution in [-0.2, 0) is 16.0 Å². The molecule has 1 saturated carbocycles. The van der Waals surface area contributed by atoms with Gasteiger partial charge in [-0.3, -0.25) is 14.3 Å². The van der Waals surface area contributed by atoms with E-state index in [0.29, 0.717) is 25.4 Å². The van der Waals surface area contributed by atoms with E-state index in [2.05, 4.69) is 16.1 Å². The number of anilines is 1. The van der Waals surface area contributed by atoms with Crippen LogP contribution in [0.4, 0.5) is 10.5 Å². The number of carbonyl (C=O) groups is 2. The highest BCUT2D eigenvalue weighted by Crippen LogP contribution is 2.34. The predicted octanol–water partition coefficient (Wildman–Crippen LogP) is 5.82. The van der Waals surface area contributed by atoms with Gasteiger partial charge in [0.05, 0.1) is 13.2 Å². The molecule has 1 amide bonds. The van der Waals surface area contributed by atoms with Crippen molar-refractivity contribution in [2.24, 2.45) is 5.92 Å². The van der Waals surface area contributed by atoms with Crippen LogP contribution in [-0.4, -0.2) is 31.5 Å². The summed E-state index contributed by atoms with van der Waals surface area (Å²) >= 11 is 1.00. The maximum Gasteiger partial charge on any atom is 0.306 e. The largest absolute Gasteiger partial charge is 0.493 e. The Bertz CT molecular complexity index is 895. The first kappa shape index (κ1) is 24.1. The molecule has 0 spiro atoms. The number of benzene rings is 2. The van der Waals surface area contributed by atoms with Crippen molar-refractivity contribution in [3.05, 3.63) is 48.0 Å². The zero-order valence-electron chi connectivity index (χ0n) is 18.8. The number of ether oxygens (including phenoxy) is 2. The molecule has 0 unspecified atom stereocenters. The number of nitrogens with one attached hydrogen (secondary N) is 2. The first-order valence-corrected chi connectivity index (χ1v) is 12.1. The van der Waals surface area contributed by atoms with Crippen LogP contribution in [0, 0.1) is 5.92 Å². The Morgan fingerprint density at radius 1 is 1.09 bits per heavy atom. The lowest BCUT2D eigenvalue weighted by Crippen LogP contribution is -2.10. The van der Waals surface area contributed by atoms with Gasteiger partial charge in [-0.05, 0) is 74.5 Å². The van der Waals surface area contributed by atoms with E-state index in [1.54, 1.807) is 7.05 Å². The summed E-state index contributed by atoms with van der Waals surface area (Å²) in [6, 6.07) is 13.8. The number of aryl methyl sites for hydroxylation is 1. The summed E-state index contributed by atoms with van der Waals surface area (Å²) in [5, 5.41) is 2.67. The van der Waals surface area contributed by atoms with Crippen molar-refractivity contribution in [2.75, 3.05) is 25.6 Å². The summed E-state index contributed by atoms with van der Waals surface area (Å²) in [6.07, 6.45) is 5.99. The van der Waals surface area contributed by atoms with Crippen LogP contribution in [0.3, 0.4) is 0 Å². The molecule has 0 atom stereocenters. The van der Waals surface area contributed by atoms with Crippen molar-refractivity contribution >= 4 is 28.8 Å². The van der Waals surface area contributed by atoms with Crippen molar-refractivity contribution in [2.45, 2.75) is 45.4 Å². The molecule has 0 heterocycles. The zero-order chi connectivity index (χ0) is 22.8. The van der Waals surface area contributed by atoms with Crippen molar-refractivity contribution in [1.82, 2.24) is 4.72 Å². The molecule has 0 radical (unpaired) electrons. The van der Waals surface area contributed by atoms with Crippen LogP contribution in [0.1, 0.15) is 44.6 Å². The summed E-state index contributed by atoms with van der Waals surface area (Å²) < 4.78 is 14.1. The van der Waals surface area contributed by atoms with E-state index in [1.807, 2.05) is 43.3 Å². The highest BCUT2D eigenvalue weighted by Gasteiger charge is 2.17. The quantitative estimate of drug-likeness (QED) is 0.347. The number of carbonyl (C=O) groups excluding carboxylic acids is 2. The van der Waals surface area contributed by atoms with Gasteiger partial charge in [-0.15, -0.1) is 0 Å². The van der Waals surface area contributed by atoms with Gasteiger partial charge < -0.3 is 14.8 Å². The van der Waals surface area contributed by atoms with Crippen molar-refractivity contribution in [3.63, 3.8) is 0 Å². The van der Waals surface area contributed by atoms with Gasteiger partial charge in [-0.25, -0.2) is 0 Å². The second kappa shape index (κ2) is 12.5. The Labute approximate surface area is 194 Å². The van der Waals surface area contributed by atoms with E-state index < -0.39 is 0 Å². The lowest BCUT2D eigenvalue weighted by molar-refractivity contribution is -0.143. The summed E-state index contributed by atoms with van der Waals surface area (Å²) in [5.41, 5.74) is 3.79. The zero-order valence-corrected chi connectivity index (χ0v) is 19.6. The highest BCUT2D eigenvalue weighted by atomic mass is 32.2. The molecule has 1 fully saturated rings. The molecule has 6 nitrogen and oxygen atoms in total. The van der Waals surface area contributed by atoms with Gasteiger partial charge in [-0.2, -0.15) is 0 Å². The minimum Gasteiger partial charge on any atom is -0.493 e. The predicted molar refractivity (Wildman–Crippen MR) is 130 cm³/mol. The second-order valence-corrected chi connectivity index (χ2v) is 8.88. The van der Waals surface area contributed by atoms with E-state index in [1.165, 1.54) is 25.7 Å². The second-order valence-electron chi connectivity index (χ2n) is 7.89. The van der Waals surface area contributed by atoms with Gasteiger partial charge in [-0.1, -0.05) is 31.0 Å². The fourth-order valence-corrected chi connectivity index (χ4v) is 4.27. The molecule has 3 rings (SSSR count). The Hall–Kier alpha value is -2.51. The van der Waals surface area contributed by atoms with E-state index in [-0.39, 0.29) is 11.2 Å². The van der Waals surface area contributed by atoms with Crippen molar-refractivity contribution < 1.29 is 19.1 Å². The summed E-state index contributed by atoms with van der Waals surface area (Å²) in [7, 11) is 1.70. The molecule has 0 saturated heterocycles. The Morgan fingerprint density at radius 2 is 1.84 bits per heavy atom. The number of amides is 1. The van der Waals surface area contributed by atoms with E-state index in [4.69, 9.17) is 9.47 Å². The van der Waals surface area contributed by atoms with Crippen molar-refractivity contribution in [1.29, 1.82) is 0 Å². The molecule has 172 valence electrons. The molecule has 7 heteroatoms. The minimum absolute atomic E-state index is 0.165. The minimum atomic E-state index is -0.185. The van der Waals surface area contributed by atoms with Crippen LogP contribution in [0.25, 0.3) is 11.1 Å². The van der Waals surface area contributed by atoms with Crippen molar-refractivity contribution in [3.8, 4) is 16.9 Å². The fourth-order valence-electron chi connectivity index (χ4n) is 3.92. The van der Waals surface area contributed by atoms with Crippen LogP contribution < -0.4 is 14.8 Å². The van der Waals surface area contributed by atoms with Gasteiger partial charge in [0.2, 0.25) is 0 Å². The third-order valence-corrected chi connectivity index (χ3v) is 6.05. The molecule has 0 aliphatic heterocycles. The molecule has 2 aromatic rings. The van der Waals surface area contributed by atoms with Gasteiger partial charge in [0.1, 0.15) is 5.75 Å². The molecular formula is C25H32N2O4S. The molecule has 0 bridgehead atoms. The molecular weight excluding hydrogens is 424 g/mol. The highest BCUT2D eigenvalue weighted by molar-refractivity contribution is 8.12. The topological polar surface area (TPSA) is 76.7 Å². The molecule has 1 aliphatic carbocycles. The molecule has 2 N–H and O–H groups in total. The van der Waals surface area contributed by atoms with Gasteiger partial charge >= 0.3 is 5.97 Å². The van der Waals surface area contributed by atoms with E-state index in [0.717, 1.165) is 46.7 Å². The standard InChI is InChI=1S/C25H32N2O4S/c1-3-30-24(28)15-9-18-8-14-23(31-17-19-6-4-5-7-19)22(16-18)20-10-12-21(13-11-20)27-25(29)32-26-2/h8,10-14,16,19,26H,3-7,9,15,17H2,1-2H3,(H,27,29). The van der Waals surface area contributed by atoms with Crippen LogP contribution in [0.15, 0.2) is 42.5 Å². The lowest BCUT2D eigenvalue weighted by atomic mass is 9.99. The molecule has 2 aromatic carbocycles. The number of hydrogen-bond acceptors (Lipinski definition) is 6. The van der Waals surface area contributed by atoms with Crippen LogP contribution >= 0.6 is 11.9 Å². The SMILES string of the molecule is CCOC(=O)CCc1ccc(OCC2CCCC2)c(-c2ccc(NC(=O)SNC)cc2)c1.